The van der Waals surface area contributed by atoms with Crippen molar-refractivity contribution in [1.29, 1.82) is 0 Å². The SMILES string of the molecule is O=C(Nc1ccc(F)c(F)c1F)n1ccnc1. The van der Waals surface area contributed by atoms with E-state index in [1.54, 1.807) is 0 Å². The molecular formula is C10H6F3N3O. The summed E-state index contributed by atoms with van der Waals surface area (Å²) in [5, 5.41) is 2.08. The van der Waals surface area contributed by atoms with Crippen molar-refractivity contribution in [2.45, 2.75) is 0 Å². The van der Waals surface area contributed by atoms with Gasteiger partial charge in [0.15, 0.2) is 17.5 Å². The van der Waals surface area contributed by atoms with Crippen molar-refractivity contribution in [1.82, 2.24) is 9.55 Å². The number of aromatic nitrogens is 2. The van der Waals surface area contributed by atoms with Crippen molar-refractivity contribution in [2.75, 3.05) is 5.32 Å². The van der Waals surface area contributed by atoms with Crippen LogP contribution in [0.4, 0.5) is 23.7 Å². The second kappa shape index (κ2) is 4.28. The summed E-state index contributed by atoms with van der Waals surface area (Å²) in [7, 11) is 0. The molecule has 0 aliphatic heterocycles. The normalized spacial score (nSPS) is 10.3. The predicted octanol–water partition coefficient (Wildman–Crippen LogP) is 2.38. The number of nitrogens with zero attached hydrogens (tertiary/aromatic N) is 2. The van der Waals surface area contributed by atoms with E-state index in [2.05, 4.69) is 10.3 Å². The summed E-state index contributed by atoms with van der Waals surface area (Å²) in [6.45, 7) is 0. The number of carbonyl (C=O) groups is 1. The minimum atomic E-state index is -1.63. The highest BCUT2D eigenvalue weighted by molar-refractivity contribution is 5.90. The van der Waals surface area contributed by atoms with Crippen LogP contribution >= 0.6 is 0 Å². The van der Waals surface area contributed by atoms with Gasteiger partial charge in [-0.3, -0.25) is 4.57 Å². The number of amides is 1. The Kier molecular flexibility index (Phi) is 2.82. The van der Waals surface area contributed by atoms with Crippen LogP contribution in [0.3, 0.4) is 0 Å². The number of rotatable bonds is 1. The standard InChI is InChI=1S/C10H6F3N3O/c11-6-1-2-7(9(13)8(6)12)15-10(17)16-4-3-14-5-16/h1-5H,(H,15,17). The summed E-state index contributed by atoms with van der Waals surface area (Å²) >= 11 is 0. The molecule has 0 atom stereocenters. The molecule has 0 saturated heterocycles. The van der Waals surface area contributed by atoms with Gasteiger partial charge in [0.25, 0.3) is 0 Å². The number of hydrogen-bond acceptors (Lipinski definition) is 2. The van der Waals surface area contributed by atoms with Crippen LogP contribution in [0.5, 0.6) is 0 Å². The Balaban J connectivity index is 2.25. The molecule has 1 N–H and O–H groups in total. The molecule has 1 amide bonds. The first-order valence-electron chi connectivity index (χ1n) is 4.52. The molecule has 1 heterocycles. The molecule has 0 bridgehead atoms. The number of hydrogen-bond donors (Lipinski definition) is 1. The average molecular weight is 241 g/mol. The lowest BCUT2D eigenvalue weighted by atomic mass is 10.3. The van der Waals surface area contributed by atoms with Crippen LogP contribution in [0.25, 0.3) is 0 Å². The molecule has 0 saturated carbocycles. The van der Waals surface area contributed by atoms with E-state index >= 15 is 0 Å². The maximum Gasteiger partial charge on any atom is 0.331 e. The van der Waals surface area contributed by atoms with Crippen LogP contribution in [-0.4, -0.2) is 15.6 Å². The van der Waals surface area contributed by atoms with E-state index in [0.29, 0.717) is 0 Å². The minimum Gasteiger partial charge on any atom is -0.304 e. The van der Waals surface area contributed by atoms with Gasteiger partial charge in [-0.1, -0.05) is 0 Å². The van der Waals surface area contributed by atoms with Crippen LogP contribution in [0.2, 0.25) is 0 Å². The third-order valence-corrected chi connectivity index (χ3v) is 2.02. The zero-order valence-corrected chi connectivity index (χ0v) is 8.32. The second-order valence-electron chi connectivity index (χ2n) is 3.12. The van der Waals surface area contributed by atoms with Gasteiger partial charge in [0.05, 0.1) is 5.69 Å². The van der Waals surface area contributed by atoms with E-state index in [0.717, 1.165) is 16.7 Å². The summed E-state index contributed by atoms with van der Waals surface area (Å²) < 4.78 is 39.7. The van der Waals surface area contributed by atoms with Crippen molar-refractivity contribution in [3.8, 4) is 0 Å². The van der Waals surface area contributed by atoms with Gasteiger partial charge < -0.3 is 5.32 Å². The van der Waals surface area contributed by atoms with E-state index in [1.165, 1.54) is 18.7 Å². The van der Waals surface area contributed by atoms with Gasteiger partial charge in [-0.2, -0.15) is 0 Å². The van der Waals surface area contributed by atoms with Gasteiger partial charge >= 0.3 is 6.03 Å². The average Bonchev–Trinajstić information content (AvgIpc) is 2.83. The fourth-order valence-electron chi connectivity index (χ4n) is 1.18. The van der Waals surface area contributed by atoms with E-state index in [1.807, 2.05) is 0 Å². The Morgan fingerprint density at radius 3 is 2.65 bits per heavy atom. The first-order valence-corrected chi connectivity index (χ1v) is 4.52. The molecule has 2 rings (SSSR count). The zero-order chi connectivity index (χ0) is 12.4. The largest absolute Gasteiger partial charge is 0.331 e. The van der Waals surface area contributed by atoms with Gasteiger partial charge in [0, 0.05) is 12.4 Å². The van der Waals surface area contributed by atoms with Crippen LogP contribution < -0.4 is 5.32 Å². The quantitative estimate of drug-likeness (QED) is 0.779. The van der Waals surface area contributed by atoms with Gasteiger partial charge in [-0.05, 0) is 12.1 Å². The van der Waals surface area contributed by atoms with Crippen molar-refractivity contribution < 1.29 is 18.0 Å². The molecular weight excluding hydrogens is 235 g/mol. The lowest BCUT2D eigenvalue weighted by Gasteiger charge is -2.07. The molecule has 0 aliphatic carbocycles. The topological polar surface area (TPSA) is 46.9 Å². The maximum absolute atomic E-state index is 13.2. The zero-order valence-electron chi connectivity index (χ0n) is 8.32. The maximum atomic E-state index is 13.2. The third kappa shape index (κ3) is 2.12. The smallest absolute Gasteiger partial charge is 0.304 e. The number of halogens is 3. The van der Waals surface area contributed by atoms with Crippen LogP contribution in [0.1, 0.15) is 0 Å². The molecule has 0 unspecified atom stereocenters. The van der Waals surface area contributed by atoms with Crippen LogP contribution in [-0.2, 0) is 0 Å². The number of nitrogens with one attached hydrogen (secondary N) is 1. The lowest BCUT2D eigenvalue weighted by molar-refractivity contribution is 0.253. The molecule has 4 nitrogen and oxygen atoms in total. The molecule has 0 radical (unpaired) electrons. The van der Waals surface area contributed by atoms with E-state index in [4.69, 9.17) is 0 Å². The molecule has 0 fully saturated rings. The number of imidazole rings is 1. The molecule has 1 aromatic heterocycles. The van der Waals surface area contributed by atoms with Crippen molar-refractivity contribution in [3.63, 3.8) is 0 Å². The number of anilines is 1. The second-order valence-corrected chi connectivity index (χ2v) is 3.12. The van der Waals surface area contributed by atoms with Crippen molar-refractivity contribution in [3.05, 3.63) is 48.3 Å². The Morgan fingerprint density at radius 1 is 1.24 bits per heavy atom. The van der Waals surface area contributed by atoms with Gasteiger partial charge in [-0.15, -0.1) is 0 Å². The molecule has 2 aromatic rings. The summed E-state index contributed by atoms with van der Waals surface area (Å²) in [5.74, 6) is -4.39. The Bertz CT molecular complexity index is 554. The first kappa shape index (κ1) is 11.2. The van der Waals surface area contributed by atoms with Gasteiger partial charge in [-0.25, -0.2) is 22.9 Å². The molecule has 0 spiro atoms. The van der Waals surface area contributed by atoms with Gasteiger partial charge in [0.1, 0.15) is 6.33 Å². The lowest BCUT2D eigenvalue weighted by Crippen LogP contribution is -2.19. The monoisotopic (exact) mass is 241 g/mol. The highest BCUT2D eigenvalue weighted by atomic mass is 19.2. The Morgan fingerprint density at radius 2 is 2.00 bits per heavy atom. The summed E-state index contributed by atoms with van der Waals surface area (Å²) in [6, 6.07) is 0.928. The highest BCUT2D eigenvalue weighted by Crippen LogP contribution is 2.19. The fourth-order valence-corrected chi connectivity index (χ4v) is 1.18. The molecule has 1 aromatic carbocycles. The van der Waals surface area contributed by atoms with Crippen molar-refractivity contribution in [2.24, 2.45) is 0 Å². The molecule has 7 heteroatoms. The van der Waals surface area contributed by atoms with Crippen LogP contribution in [0, 0.1) is 17.5 Å². The third-order valence-electron chi connectivity index (χ3n) is 2.02. The van der Waals surface area contributed by atoms with Crippen LogP contribution in [0.15, 0.2) is 30.9 Å². The number of carbonyl (C=O) groups excluding carboxylic acids is 1. The van der Waals surface area contributed by atoms with E-state index in [-0.39, 0.29) is 0 Å². The predicted molar refractivity (Wildman–Crippen MR) is 53.0 cm³/mol. The first-order chi connectivity index (χ1) is 8.09. The fraction of sp³-hybridized carbons (Fsp3) is 0. The Hall–Kier alpha value is -2.31. The number of benzene rings is 1. The van der Waals surface area contributed by atoms with Crippen molar-refractivity contribution >= 4 is 11.7 Å². The molecule has 88 valence electrons. The van der Waals surface area contributed by atoms with E-state index < -0.39 is 29.2 Å². The Labute approximate surface area is 93.7 Å². The molecule has 17 heavy (non-hydrogen) atoms. The molecule has 0 aliphatic rings. The van der Waals surface area contributed by atoms with Gasteiger partial charge in [0.2, 0.25) is 0 Å². The van der Waals surface area contributed by atoms with E-state index in [9.17, 15) is 18.0 Å². The highest BCUT2D eigenvalue weighted by Gasteiger charge is 2.15. The minimum absolute atomic E-state index is 0.442. The summed E-state index contributed by atoms with van der Waals surface area (Å²) in [4.78, 5) is 15.1. The summed E-state index contributed by atoms with van der Waals surface area (Å²) in [5.41, 5.74) is -0.442. The summed E-state index contributed by atoms with van der Waals surface area (Å²) in [6.07, 6.45) is 3.86.